The highest BCUT2D eigenvalue weighted by Crippen LogP contribution is 2.32. The quantitative estimate of drug-likeness (QED) is 0.0211. The van der Waals surface area contributed by atoms with Gasteiger partial charge < -0.3 is 59.8 Å². The predicted octanol–water partition coefficient (Wildman–Crippen LogP) is 15.2. The van der Waals surface area contributed by atoms with Crippen molar-refractivity contribution < 1.29 is 98.2 Å². The van der Waals surface area contributed by atoms with Crippen molar-refractivity contribution in [2.24, 2.45) is 40.9 Å². The van der Waals surface area contributed by atoms with Crippen LogP contribution in [0.3, 0.4) is 0 Å². The number of carboxylic acids is 8. The van der Waals surface area contributed by atoms with E-state index in [0.29, 0.717) is 68.0 Å². The minimum absolute atomic E-state index is 0.0129. The molecule has 0 atom stereocenters. The summed E-state index contributed by atoms with van der Waals surface area (Å²) in [5.41, 5.74) is 1.21. The van der Waals surface area contributed by atoms with E-state index in [1.54, 1.807) is 97.1 Å². The molecule has 0 bridgehead atoms. The third-order valence-electron chi connectivity index (χ3n) is 13.2. The van der Waals surface area contributed by atoms with Gasteiger partial charge in [-0.3, -0.25) is 0 Å². The number of carbonyl (C=O) groups is 8. The second-order valence-electron chi connectivity index (χ2n) is 19.8. The molecule has 0 radical (unpaired) electrons. The maximum absolute atomic E-state index is 11.7. The number of carboxylic acid groups (broad SMARTS) is 8. The fourth-order valence-electron chi connectivity index (χ4n) is 8.53. The Kier molecular flexibility index (Phi) is 20.4. The van der Waals surface area contributed by atoms with Crippen LogP contribution in [0, 0.1) is 0 Å². The van der Waals surface area contributed by atoms with Crippen molar-refractivity contribution in [3.05, 3.63) is 249 Å². The zero-order chi connectivity index (χ0) is 67.0. The molecule has 9 aromatic rings. The highest BCUT2D eigenvalue weighted by Gasteiger charge is 2.18. The molecule has 28 heteroatoms. The lowest BCUT2D eigenvalue weighted by molar-refractivity contribution is 0.0676. The van der Waals surface area contributed by atoms with Crippen LogP contribution in [0.15, 0.2) is 223 Å². The molecule has 0 aliphatic heterocycles. The fraction of sp³-hybridized carbons (Fsp3) is 0.0606. The normalized spacial score (nSPS) is 11.2. The second-order valence-corrected chi connectivity index (χ2v) is 19.8. The molecule has 0 amide bonds. The van der Waals surface area contributed by atoms with Crippen LogP contribution < -0.4 is 18.9 Å². The molecule has 470 valence electrons. The number of nitrogens with zero attached hydrogens (tertiary/aromatic N) is 8. The summed E-state index contributed by atoms with van der Waals surface area (Å²) in [6, 6.07) is 42.4. The smallest absolute Gasteiger partial charge is 0.335 e. The zero-order valence-corrected chi connectivity index (χ0v) is 48.2. The summed E-state index contributed by atoms with van der Waals surface area (Å²) in [6.45, 7) is -0.290. The second kappa shape index (κ2) is 29.6. The molecule has 0 spiro atoms. The van der Waals surface area contributed by atoms with Gasteiger partial charge in [-0.2, -0.15) is 40.9 Å². The molecule has 0 heterocycles. The minimum Gasteiger partial charge on any atom is -0.489 e. The van der Waals surface area contributed by atoms with Crippen LogP contribution in [0.25, 0.3) is 0 Å². The third-order valence-corrected chi connectivity index (χ3v) is 13.2. The summed E-state index contributed by atoms with van der Waals surface area (Å²) >= 11 is 0. The number of benzene rings is 9. The van der Waals surface area contributed by atoms with Crippen LogP contribution >= 0.6 is 0 Å². The molecule has 94 heavy (non-hydrogen) atoms. The summed E-state index contributed by atoms with van der Waals surface area (Å²) in [5, 5.41) is 109. The predicted molar refractivity (Wildman–Crippen MR) is 328 cm³/mol. The molecule has 0 aliphatic rings. The summed E-state index contributed by atoms with van der Waals surface area (Å²) in [4.78, 5) is 93.3. The van der Waals surface area contributed by atoms with E-state index in [1.165, 1.54) is 48.5 Å². The van der Waals surface area contributed by atoms with Crippen LogP contribution in [-0.2, 0) is 26.4 Å². The highest BCUT2D eigenvalue weighted by molar-refractivity contribution is 5.98. The van der Waals surface area contributed by atoms with E-state index in [9.17, 15) is 79.2 Å². The number of hydrogen-bond acceptors (Lipinski definition) is 20. The van der Waals surface area contributed by atoms with E-state index in [4.69, 9.17) is 18.9 Å². The maximum Gasteiger partial charge on any atom is 0.335 e. The Morgan fingerprint density at radius 3 is 0.511 bits per heavy atom. The lowest BCUT2D eigenvalue weighted by atomic mass is 9.99. The van der Waals surface area contributed by atoms with Crippen molar-refractivity contribution in [1.82, 2.24) is 0 Å². The summed E-state index contributed by atoms with van der Waals surface area (Å²) in [7, 11) is 0. The molecule has 0 aliphatic carbocycles. The third kappa shape index (κ3) is 17.8. The summed E-state index contributed by atoms with van der Waals surface area (Å²) in [6.07, 6.45) is 0. The minimum atomic E-state index is -1.35. The van der Waals surface area contributed by atoms with Crippen molar-refractivity contribution in [2.45, 2.75) is 26.4 Å². The van der Waals surface area contributed by atoms with Crippen molar-refractivity contribution in [3.8, 4) is 23.0 Å². The van der Waals surface area contributed by atoms with E-state index in [0.717, 1.165) is 24.3 Å². The number of ether oxygens (including phenoxy) is 4. The molecule has 28 nitrogen and oxygen atoms in total. The Morgan fingerprint density at radius 2 is 0.362 bits per heavy atom. The van der Waals surface area contributed by atoms with Crippen molar-refractivity contribution in [1.29, 1.82) is 0 Å². The van der Waals surface area contributed by atoms with E-state index in [1.807, 2.05) is 12.1 Å². The molecule has 8 N–H and O–H groups in total. The lowest BCUT2D eigenvalue weighted by Crippen LogP contribution is -2.10. The average Bonchev–Trinajstić information content (AvgIpc) is 1.02. The highest BCUT2D eigenvalue weighted by atomic mass is 16.5. The first-order valence-electron chi connectivity index (χ1n) is 27.3. The molecular formula is C66H46N8O20. The van der Waals surface area contributed by atoms with Crippen LogP contribution in [-0.4, -0.2) is 88.6 Å². The first kappa shape index (κ1) is 64.8. The van der Waals surface area contributed by atoms with Gasteiger partial charge in [-0.1, -0.05) is 0 Å². The number of aromatic carboxylic acids is 8. The van der Waals surface area contributed by atoms with Gasteiger partial charge in [-0.25, -0.2) is 38.4 Å². The maximum atomic E-state index is 11.7. The Bertz CT molecular complexity index is 3870. The molecule has 0 saturated heterocycles. The Hall–Kier alpha value is -13.7. The van der Waals surface area contributed by atoms with Crippen LogP contribution in [0.4, 0.5) is 45.5 Å². The van der Waals surface area contributed by atoms with Gasteiger partial charge in [-0.05, 0) is 204 Å². The van der Waals surface area contributed by atoms with Crippen molar-refractivity contribution in [2.75, 3.05) is 0 Å². The van der Waals surface area contributed by atoms with Crippen molar-refractivity contribution >= 4 is 93.3 Å². The number of azo groups is 4. The summed E-state index contributed by atoms with van der Waals surface area (Å²) < 4.78 is 25.3. The van der Waals surface area contributed by atoms with Gasteiger partial charge in [0.1, 0.15) is 49.4 Å². The SMILES string of the molecule is O=C(O)c1cc(N=Nc2ccc(OCc3cc(COc4ccc(N=Nc5cc(C(=O)O)cc(C(=O)O)c5)cc4)c(COc4ccc(N=Nc5cc(C(=O)O)cc(C(=O)O)c5)cc4)cc3COc3ccc(N=Nc4cc(C(=O)O)cc(C(=O)O)c4)cc3)cc2)cc(C(=O)O)c1. The van der Waals surface area contributed by atoms with Gasteiger partial charge in [0.15, 0.2) is 0 Å². The topological polar surface area (TPSA) is 434 Å². The van der Waals surface area contributed by atoms with Crippen LogP contribution in [0.2, 0.25) is 0 Å². The Balaban J connectivity index is 1.01. The van der Waals surface area contributed by atoms with Gasteiger partial charge in [0, 0.05) is 0 Å². The average molecular weight is 1270 g/mol. The van der Waals surface area contributed by atoms with Crippen LogP contribution in [0.1, 0.15) is 105 Å². The Labute approximate surface area is 528 Å². The number of hydrogen-bond donors (Lipinski definition) is 8. The molecule has 0 fully saturated rings. The molecule has 0 unspecified atom stereocenters. The molecule has 0 saturated carbocycles. The Morgan fingerprint density at radius 1 is 0.213 bits per heavy atom. The monoisotopic (exact) mass is 1270 g/mol. The van der Waals surface area contributed by atoms with Crippen molar-refractivity contribution in [3.63, 3.8) is 0 Å². The first-order valence-corrected chi connectivity index (χ1v) is 27.3. The first-order chi connectivity index (χ1) is 45.1. The molecule has 9 aromatic carbocycles. The van der Waals surface area contributed by atoms with Crippen LogP contribution in [0.5, 0.6) is 23.0 Å². The molecular weight excluding hydrogens is 1220 g/mol. The van der Waals surface area contributed by atoms with E-state index in [2.05, 4.69) is 40.9 Å². The largest absolute Gasteiger partial charge is 0.489 e. The lowest BCUT2D eigenvalue weighted by Gasteiger charge is -2.19. The van der Waals surface area contributed by atoms with Gasteiger partial charge in [0.05, 0.1) is 90.0 Å². The fourth-order valence-corrected chi connectivity index (χ4v) is 8.53. The standard InChI is InChI=1S/C66H46N8O20/c75-59(76)35-17-36(60(77)78)24-51(23-35)71-67-47-1-9-55(10-2-47)91-31-43-21-45(33-93-57-13-5-49(6-14-57)69-73-53-27-39(63(83)84)19-40(28-53)64(85)86)46(34-94-58-15-7-50(8-16-58)70-74-54-29-41(65(87)88)20-42(30-54)66(89)90)22-44(43)32-92-56-11-3-48(4-12-56)68-72-52-25-37(61(79)80)18-38(26-52)62(81)82/h1-30H,31-34H2,(H,75,76)(H,77,78)(H,79,80)(H,81,82)(H,83,84)(H,85,86)(H,87,88)(H,89,90). The van der Waals surface area contributed by atoms with E-state index < -0.39 is 47.8 Å². The zero-order valence-electron chi connectivity index (χ0n) is 48.2. The molecule has 9 rings (SSSR count). The number of rotatable bonds is 28. The van der Waals surface area contributed by atoms with E-state index in [-0.39, 0.29) is 93.7 Å². The molecule has 0 aromatic heterocycles. The van der Waals surface area contributed by atoms with Gasteiger partial charge in [0.25, 0.3) is 0 Å². The van der Waals surface area contributed by atoms with Gasteiger partial charge in [0.2, 0.25) is 0 Å². The van der Waals surface area contributed by atoms with E-state index >= 15 is 0 Å². The summed E-state index contributed by atoms with van der Waals surface area (Å²) in [5.74, 6) is -9.37. The van der Waals surface area contributed by atoms with Gasteiger partial charge in [-0.15, -0.1) is 0 Å². The van der Waals surface area contributed by atoms with Gasteiger partial charge >= 0.3 is 47.8 Å².